The lowest BCUT2D eigenvalue weighted by molar-refractivity contribution is 0.00578. The summed E-state index contributed by atoms with van der Waals surface area (Å²) in [7, 11) is -0.459. The van der Waals surface area contributed by atoms with Crippen molar-refractivity contribution < 1.29 is 9.31 Å². The highest BCUT2D eigenvalue weighted by Crippen LogP contribution is 2.63. The molecule has 7 aromatic carbocycles. The number of hydrogen-bond donors (Lipinski definition) is 0. The molecule has 5 nitrogen and oxygen atoms in total. The van der Waals surface area contributed by atoms with Crippen LogP contribution in [0.3, 0.4) is 0 Å². The van der Waals surface area contributed by atoms with Crippen molar-refractivity contribution in [2.45, 2.75) is 144 Å². The molecule has 0 unspecified atom stereocenters. The van der Waals surface area contributed by atoms with E-state index in [2.05, 4.69) is 311 Å². The van der Waals surface area contributed by atoms with E-state index < -0.39 is 18.3 Å². The van der Waals surface area contributed by atoms with Crippen LogP contribution < -0.4 is 5.46 Å². The van der Waals surface area contributed by atoms with Gasteiger partial charge in [-0.3, -0.25) is 15.0 Å². The lowest BCUT2D eigenvalue weighted by atomic mass is 9.59. The van der Waals surface area contributed by atoms with Gasteiger partial charge in [0.2, 0.25) is 0 Å². The summed E-state index contributed by atoms with van der Waals surface area (Å²) in [6.07, 6.45) is 6.12. The fraction of sp³-hybridized carbons (Fsp3) is 0.296. The molecule has 13 rings (SSSR count). The molecule has 87 heavy (non-hydrogen) atoms. The molecule has 0 radical (unpaired) electrons. The van der Waals surface area contributed by atoms with E-state index >= 15 is 0 Å². The van der Waals surface area contributed by atoms with E-state index in [4.69, 9.17) is 24.3 Å². The maximum Gasteiger partial charge on any atom is 0.494 e. The van der Waals surface area contributed by atoms with Crippen LogP contribution >= 0.6 is 0 Å². The SMILES string of the molecule is CC1(C)OB(c2cccc(-c3ccc(-c4ccccc4-c4cc(-c5ccccc5-c5ccc(-c6ccc7c(c6)C(C)(C)C(C)(C)C7(C)C)nc5)cc(-c5ccccc5-c5ccc(-c6ccc7c(c6)C(C)(C)C(C)(C)C7(C)C)nc5)c4)cn3)c2)OC1(C)C. The van der Waals surface area contributed by atoms with Gasteiger partial charge >= 0.3 is 7.12 Å². The van der Waals surface area contributed by atoms with E-state index in [1.165, 1.54) is 22.3 Å². The number of nitrogens with zero attached hydrogens (tertiary/aromatic N) is 3. The zero-order valence-corrected chi connectivity index (χ0v) is 53.9. The summed E-state index contributed by atoms with van der Waals surface area (Å²) in [5, 5.41) is 0. The van der Waals surface area contributed by atoms with Gasteiger partial charge in [-0.25, -0.2) is 0 Å². The summed E-state index contributed by atoms with van der Waals surface area (Å²) in [4.78, 5) is 15.6. The Bertz CT molecular complexity index is 4120. The monoisotopic (exact) mass is 1140 g/mol. The summed E-state index contributed by atoms with van der Waals surface area (Å²) >= 11 is 0. The Morgan fingerprint density at radius 2 is 0.563 bits per heavy atom. The third-order valence-corrected chi connectivity index (χ3v) is 23.2. The normalized spacial score (nSPS) is 18.5. The molecular formula is C81H82BN3O2. The maximum atomic E-state index is 6.45. The predicted molar refractivity (Wildman–Crippen MR) is 364 cm³/mol. The molecular weight excluding hydrogens is 1060 g/mol. The molecule has 0 spiro atoms. The van der Waals surface area contributed by atoms with Crippen LogP contribution in [0.5, 0.6) is 0 Å². The first-order valence-electron chi connectivity index (χ1n) is 31.2. The third kappa shape index (κ3) is 9.13. The van der Waals surface area contributed by atoms with Crippen molar-refractivity contribution in [2.24, 2.45) is 10.8 Å². The van der Waals surface area contributed by atoms with Gasteiger partial charge in [0.05, 0.1) is 28.3 Å². The zero-order chi connectivity index (χ0) is 61.4. The molecule has 6 heteroatoms. The van der Waals surface area contributed by atoms with Gasteiger partial charge < -0.3 is 9.31 Å². The summed E-state index contributed by atoms with van der Waals surface area (Å²) in [5.74, 6) is 0. The smallest absolute Gasteiger partial charge is 0.399 e. The fourth-order valence-electron chi connectivity index (χ4n) is 14.5. The highest BCUT2D eigenvalue weighted by atomic mass is 16.7. The molecule has 4 heterocycles. The van der Waals surface area contributed by atoms with E-state index in [1.807, 2.05) is 6.20 Å². The van der Waals surface area contributed by atoms with Crippen LogP contribution in [0.15, 0.2) is 207 Å². The Balaban J connectivity index is 0.893. The zero-order valence-electron chi connectivity index (χ0n) is 53.9. The number of benzene rings is 7. The minimum Gasteiger partial charge on any atom is -0.399 e. The van der Waals surface area contributed by atoms with E-state index in [-0.39, 0.29) is 32.5 Å². The third-order valence-electron chi connectivity index (χ3n) is 23.2. The van der Waals surface area contributed by atoms with Crippen molar-refractivity contribution in [3.63, 3.8) is 0 Å². The Labute approximate surface area is 517 Å². The van der Waals surface area contributed by atoms with E-state index in [0.29, 0.717) is 0 Å². The van der Waals surface area contributed by atoms with Gasteiger partial charge in [-0.05, 0) is 192 Å². The highest BCUT2D eigenvalue weighted by Gasteiger charge is 2.58. The van der Waals surface area contributed by atoms with Gasteiger partial charge in [0.15, 0.2) is 0 Å². The number of fused-ring (bicyclic) bond motifs is 2. The van der Waals surface area contributed by atoms with Crippen molar-refractivity contribution in [3.8, 4) is 101 Å². The minimum atomic E-state index is -0.459. The molecule has 1 aliphatic heterocycles. The molecule has 0 bridgehead atoms. The second kappa shape index (κ2) is 20.3. The molecule has 0 saturated carbocycles. The van der Waals surface area contributed by atoms with Crippen molar-refractivity contribution in [1.29, 1.82) is 0 Å². The molecule has 2 aliphatic carbocycles. The highest BCUT2D eigenvalue weighted by molar-refractivity contribution is 6.62. The average molecular weight is 1140 g/mol. The maximum absolute atomic E-state index is 6.45. The van der Waals surface area contributed by atoms with Gasteiger partial charge in [-0.15, -0.1) is 0 Å². The van der Waals surface area contributed by atoms with Crippen LogP contribution in [-0.2, 0) is 31.0 Å². The minimum absolute atomic E-state index is 0.00103. The van der Waals surface area contributed by atoms with Gasteiger partial charge in [0, 0.05) is 46.4 Å². The second-order valence-electron chi connectivity index (χ2n) is 29.2. The van der Waals surface area contributed by atoms with Crippen LogP contribution in [0.1, 0.15) is 133 Å². The Kier molecular flexibility index (Phi) is 13.5. The standard InChI is InChI=1S/C81H82BN3O2/c1-74(2)67-37-32-52(46-69(67)76(5,6)78(74,9)10)72-40-35-55(49-84-72)62-27-18-21-30-65(62)58-42-57(64-29-20-17-26-61(64)54-34-39-71(83-48-54)51-24-23-25-60(45-51)82-86-80(13,14)81(15,16)87-82)43-59(44-58)66-31-22-19-28-63(66)56-36-41-73(85-50-56)53-33-38-68-70(47-53)77(7,8)79(11,12)75(68,3)4/h17-50H,1-16H3. The first-order chi connectivity index (χ1) is 41.1. The van der Waals surface area contributed by atoms with Crippen LogP contribution in [0.4, 0.5) is 0 Å². The van der Waals surface area contributed by atoms with E-state index in [1.54, 1.807) is 0 Å². The summed E-state index contributed by atoms with van der Waals surface area (Å²) in [5.41, 5.74) is 25.3. The average Bonchev–Trinajstić information content (AvgIpc) is 1.68. The van der Waals surface area contributed by atoms with Crippen LogP contribution in [0.2, 0.25) is 0 Å². The summed E-state index contributed by atoms with van der Waals surface area (Å²) in [6.45, 7) is 37.2. The summed E-state index contributed by atoms with van der Waals surface area (Å²) < 4.78 is 12.9. The van der Waals surface area contributed by atoms with Crippen LogP contribution in [-0.4, -0.2) is 33.3 Å². The van der Waals surface area contributed by atoms with Crippen LogP contribution in [0, 0.1) is 10.8 Å². The molecule has 436 valence electrons. The Hall–Kier alpha value is -8.03. The van der Waals surface area contributed by atoms with E-state index in [9.17, 15) is 0 Å². The predicted octanol–water partition coefficient (Wildman–Crippen LogP) is 20.4. The van der Waals surface area contributed by atoms with Gasteiger partial charge in [-0.1, -0.05) is 223 Å². The first-order valence-corrected chi connectivity index (χ1v) is 31.2. The number of hydrogen-bond acceptors (Lipinski definition) is 5. The number of pyridine rings is 3. The van der Waals surface area contributed by atoms with Crippen molar-refractivity contribution in [3.05, 3.63) is 229 Å². The van der Waals surface area contributed by atoms with Crippen LogP contribution in [0.25, 0.3) is 101 Å². The molecule has 1 fully saturated rings. The molecule has 0 amide bonds. The van der Waals surface area contributed by atoms with Crippen molar-refractivity contribution in [2.75, 3.05) is 0 Å². The lowest BCUT2D eigenvalue weighted by Crippen LogP contribution is -2.42. The molecule has 10 aromatic rings. The topological polar surface area (TPSA) is 57.1 Å². The Morgan fingerprint density at radius 1 is 0.264 bits per heavy atom. The second-order valence-corrected chi connectivity index (χ2v) is 29.2. The first kappa shape index (κ1) is 58.0. The van der Waals surface area contributed by atoms with Crippen molar-refractivity contribution in [1.82, 2.24) is 15.0 Å². The molecule has 0 N–H and O–H groups in total. The largest absolute Gasteiger partial charge is 0.494 e. The molecule has 3 aromatic heterocycles. The summed E-state index contributed by atoms with van der Waals surface area (Å²) in [6, 6.07) is 69.0. The fourth-order valence-corrected chi connectivity index (χ4v) is 14.5. The van der Waals surface area contributed by atoms with Gasteiger partial charge in [0.25, 0.3) is 0 Å². The number of aromatic nitrogens is 3. The molecule has 1 saturated heterocycles. The Morgan fingerprint density at radius 3 is 0.885 bits per heavy atom. The van der Waals surface area contributed by atoms with Gasteiger partial charge in [0.1, 0.15) is 0 Å². The molecule has 0 atom stereocenters. The van der Waals surface area contributed by atoms with Gasteiger partial charge in [-0.2, -0.15) is 0 Å². The lowest BCUT2D eigenvalue weighted by Gasteiger charge is -2.44. The number of rotatable bonds is 10. The van der Waals surface area contributed by atoms with Crippen molar-refractivity contribution >= 4 is 12.6 Å². The molecule has 3 aliphatic rings. The van der Waals surface area contributed by atoms with E-state index in [0.717, 1.165) is 106 Å². The quantitative estimate of drug-likeness (QED) is 0.128.